The van der Waals surface area contributed by atoms with Crippen LogP contribution >= 0.6 is 0 Å². The Balaban J connectivity index is 2.01. The molecule has 0 bridgehead atoms. The molecule has 0 saturated heterocycles. The minimum atomic E-state index is -4.10. The van der Waals surface area contributed by atoms with E-state index in [-0.39, 0.29) is 36.6 Å². The molecule has 3 rings (SSSR count). The molecule has 1 aromatic carbocycles. The van der Waals surface area contributed by atoms with Crippen molar-refractivity contribution in [1.82, 2.24) is 9.78 Å². The highest BCUT2D eigenvalue weighted by molar-refractivity contribution is 7.92. The first-order chi connectivity index (χ1) is 17.0. The first-order valence-corrected chi connectivity index (χ1v) is 13.7. The first-order valence-electron chi connectivity index (χ1n) is 12.2. The van der Waals surface area contributed by atoms with E-state index in [0.29, 0.717) is 29.1 Å². The minimum absolute atomic E-state index is 0.00534. The fourth-order valence-electron chi connectivity index (χ4n) is 4.08. The number of ketones is 1. The second-order valence-corrected chi connectivity index (χ2v) is 13.0. The quantitative estimate of drug-likeness (QED) is 0.485. The molecule has 1 N–H and O–H groups in total. The second kappa shape index (κ2) is 10.4. The number of anilines is 1. The fourth-order valence-corrected chi connectivity index (χ4v) is 5.74. The summed E-state index contributed by atoms with van der Waals surface area (Å²) in [6.45, 7) is 11.8. The van der Waals surface area contributed by atoms with Crippen LogP contribution in [0.3, 0.4) is 0 Å². The summed E-state index contributed by atoms with van der Waals surface area (Å²) in [6, 6.07) is 4.96. The van der Waals surface area contributed by atoms with Gasteiger partial charge in [-0.25, -0.2) is 8.42 Å². The van der Waals surface area contributed by atoms with Gasteiger partial charge in [0.15, 0.2) is 0 Å². The number of nitrogens with zero attached hydrogens (tertiary/aromatic N) is 3. The van der Waals surface area contributed by atoms with Crippen LogP contribution in [-0.4, -0.2) is 58.9 Å². The van der Waals surface area contributed by atoms with Crippen LogP contribution in [0.2, 0.25) is 0 Å². The van der Waals surface area contributed by atoms with Gasteiger partial charge in [0.05, 0.1) is 42.7 Å². The number of hydrogen-bond donors (Lipinski definition) is 1. The molecule has 0 spiro atoms. The molecule has 1 aliphatic rings. The lowest BCUT2D eigenvalue weighted by molar-refractivity contribution is -0.153. The molecule has 0 aliphatic carbocycles. The lowest BCUT2D eigenvalue weighted by atomic mass is 10.1. The fraction of sp³-hybridized carbons (Fsp3) is 0.577. The molecule has 0 radical (unpaired) electrons. The Hall–Kier alpha value is -2.92. The summed E-state index contributed by atoms with van der Waals surface area (Å²) in [5.41, 5.74) is -0.463. The van der Waals surface area contributed by atoms with E-state index in [0.717, 1.165) is 0 Å². The summed E-state index contributed by atoms with van der Waals surface area (Å²) in [6.07, 6.45) is 1.33. The lowest BCUT2D eigenvalue weighted by Gasteiger charge is -2.35. The highest BCUT2D eigenvalue weighted by atomic mass is 32.2. The number of carbonyl (C=O) groups is 2. The van der Waals surface area contributed by atoms with E-state index in [2.05, 4.69) is 5.10 Å². The van der Waals surface area contributed by atoms with E-state index in [1.54, 1.807) is 59.7 Å². The van der Waals surface area contributed by atoms with Gasteiger partial charge in [0.1, 0.15) is 28.1 Å². The van der Waals surface area contributed by atoms with Crippen molar-refractivity contribution in [2.45, 2.75) is 96.5 Å². The standard InChI is InChI=1S/C26H37N3O7S/c1-17(30)8-10-20-15-29(37(33,34)23-14-27-28(18(23)2)16-26(6,7)32)21-12-19(9-11-22(21)35-20)13-24(31)36-25(3,4)5/h9,11-12,14,20,32H,8,10,13,15-16H2,1-7H3/t20-/m0/s1. The molecular formula is C26H37N3O7S. The average molecular weight is 536 g/mol. The van der Waals surface area contributed by atoms with Crippen LogP contribution in [0.5, 0.6) is 5.75 Å². The van der Waals surface area contributed by atoms with Crippen LogP contribution in [0.1, 0.15) is 65.6 Å². The van der Waals surface area contributed by atoms with Gasteiger partial charge in [-0.2, -0.15) is 5.10 Å². The van der Waals surface area contributed by atoms with Crippen molar-refractivity contribution in [2.75, 3.05) is 10.8 Å². The molecule has 2 heterocycles. The number of fused-ring (bicyclic) bond motifs is 1. The number of aliphatic hydroxyl groups is 1. The summed E-state index contributed by atoms with van der Waals surface area (Å²) in [7, 11) is -4.10. The third-order valence-electron chi connectivity index (χ3n) is 5.70. The van der Waals surface area contributed by atoms with Crippen molar-refractivity contribution < 1.29 is 32.6 Å². The molecule has 37 heavy (non-hydrogen) atoms. The number of ether oxygens (including phenoxy) is 2. The zero-order valence-corrected chi connectivity index (χ0v) is 23.4. The van der Waals surface area contributed by atoms with Gasteiger partial charge in [-0.05, 0) is 72.6 Å². The third-order valence-corrected chi connectivity index (χ3v) is 7.59. The summed E-state index contributed by atoms with van der Waals surface area (Å²) < 4.78 is 42.1. The number of benzene rings is 1. The normalized spacial score (nSPS) is 16.2. The third kappa shape index (κ3) is 7.32. The number of sulfonamides is 1. The molecule has 0 fully saturated rings. The summed E-state index contributed by atoms with van der Waals surface area (Å²) in [5, 5.41) is 14.4. The molecule has 204 valence electrons. The lowest BCUT2D eigenvalue weighted by Crippen LogP contribution is -2.44. The van der Waals surface area contributed by atoms with E-state index in [1.165, 1.54) is 22.1 Å². The summed E-state index contributed by atoms with van der Waals surface area (Å²) in [4.78, 5) is 24.0. The number of aromatic nitrogens is 2. The maximum absolute atomic E-state index is 14.0. The van der Waals surface area contributed by atoms with Gasteiger partial charge in [-0.3, -0.25) is 13.8 Å². The largest absolute Gasteiger partial charge is 0.486 e. The highest BCUT2D eigenvalue weighted by Gasteiger charge is 2.37. The molecule has 1 aliphatic heterocycles. The Morgan fingerprint density at radius 2 is 1.89 bits per heavy atom. The van der Waals surface area contributed by atoms with Gasteiger partial charge in [0, 0.05) is 6.42 Å². The van der Waals surface area contributed by atoms with E-state index < -0.39 is 33.3 Å². The number of Topliss-reactive ketones (excluding diaryl/α,β-unsaturated/α-hetero) is 1. The summed E-state index contributed by atoms with van der Waals surface area (Å²) >= 11 is 0. The van der Waals surface area contributed by atoms with Crippen molar-refractivity contribution in [3.63, 3.8) is 0 Å². The highest BCUT2D eigenvalue weighted by Crippen LogP contribution is 2.39. The number of hydrogen-bond acceptors (Lipinski definition) is 8. The number of esters is 1. The van der Waals surface area contributed by atoms with Crippen molar-refractivity contribution in [3.8, 4) is 5.75 Å². The summed E-state index contributed by atoms with van der Waals surface area (Å²) in [5.74, 6) is -0.0974. The van der Waals surface area contributed by atoms with Crippen molar-refractivity contribution in [1.29, 1.82) is 0 Å². The Morgan fingerprint density at radius 1 is 1.22 bits per heavy atom. The topological polar surface area (TPSA) is 128 Å². The van der Waals surface area contributed by atoms with E-state index in [4.69, 9.17) is 9.47 Å². The Morgan fingerprint density at radius 3 is 2.49 bits per heavy atom. The van der Waals surface area contributed by atoms with Gasteiger partial charge in [-0.15, -0.1) is 0 Å². The van der Waals surface area contributed by atoms with Gasteiger partial charge in [0.2, 0.25) is 0 Å². The van der Waals surface area contributed by atoms with Crippen LogP contribution in [0.4, 0.5) is 5.69 Å². The Kier molecular flexibility index (Phi) is 8.09. The molecule has 11 heteroatoms. The maximum Gasteiger partial charge on any atom is 0.310 e. The van der Waals surface area contributed by atoms with Crippen LogP contribution in [0, 0.1) is 6.92 Å². The zero-order chi connectivity index (χ0) is 27.8. The van der Waals surface area contributed by atoms with E-state index >= 15 is 0 Å². The SMILES string of the molecule is CC(=O)CC[C@H]1CN(S(=O)(=O)c2cnn(CC(C)(C)O)c2C)c2cc(CC(=O)OC(C)(C)C)ccc2O1. The minimum Gasteiger partial charge on any atom is -0.486 e. The van der Waals surface area contributed by atoms with Crippen LogP contribution in [0.15, 0.2) is 29.3 Å². The first kappa shape index (κ1) is 28.6. The molecule has 2 aromatic rings. The van der Waals surface area contributed by atoms with Gasteiger partial charge < -0.3 is 19.4 Å². The van der Waals surface area contributed by atoms with Crippen molar-refractivity contribution >= 4 is 27.5 Å². The monoisotopic (exact) mass is 535 g/mol. The Labute approximate surface area is 218 Å². The van der Waals surface area contributed by atoms with Crippen LogP contribution in [0.25, 0.3) is 0 Å². The van der Waals surface area contributed by atoms with Gasteiger partial charge in [0.25, 0.3) is 10.0 Å². The maximum atomic E-state index is 14.0. The molecule has 1 atom stereocenters. The Bertz CT molecular complexity index is 1270. The molecular weight excluding hydrogens is 498 g/mol. The molecule has 0 amide bonds. The van der Waals surface area contributed by atoms with Crippen LogP contribution < -0.4 is 9.04 Å². The second-order valence-electron chi connectivity index (χ2n) is 11.1. The average Bonchev–Trinajstić information content (AvgIpc) is 3.09. The van der Waals surface area contributed by atoms with Gasteiger partial charge >= 0.3 is 5.97 Å². The van der Waals surface area contributed by atoms with Crippen molar-refractivity contribution in [2.24, 2.45) is 0 Å². The van der Waals surface area contributed by atoms with Crippen LogP contribution in [-0.2, 0) is 37.3 Å². The van der Waals surface area contributed by atoms with E-state index in [1.807, 2.05) is 0 Å². The van der Waals surface area contributed by atoms with Gasteiger partial charge in [-0.1, -0.05) is 6.07 Å². The van der Waals surface area contributed by atoms with Crippen molar-refractivity contribution in [3.05, 3.63) is 35.7 Å². The smallest absolute Gasteiger partial charge is 0.310 e. The molecule has 0 unspecified atom stereocenters. The predicted octanol–water partition coefficient (Wildman–Crippen LogP) is 3.17. The predicted molar refractivity (Wildman–Crippen MR) is 138 cm³/mol. The molecule has 0 saturated carbocycles. The number of rotatable bonds is 9. The number of carbonyl (C=O) groups excluding carboxylic acids is 2. The van der Waals surface area contributed by atoms with E-state index in [9.17, 15) is 23.1 Å². The molecule has 10 nitrogen and oxygen atoms in total. The molecule has 1 aromatic heterocycles. The zero-order valence-electron chi connectivity index (χ0n) is 22.6.